The van der Waals surface area contributed by atoms with Gasteiger partial charge in [0.05, 0.1) is 23.8 Å². The molecule has 2 nitrogen and oxygen atoms in total. The predicted octanol–water partition coefficient (Wildman–Crippen LogP) is 2.89. The molecule has 66 valence electrons. The highest BCUT2D eigenvalue weighted by atomic mass is 35.5. The molecule has 0 amide bonds. The van der Waals surface area contributed by atoms with Crippen molar-refractivity contribution in [2.45, 2.75) is 0 Å². The van der Waals surface area contributed by atoms with Crippen LogP contribution in [0, 0.1) is 11.3 Å². The van der Waals surface area contributed by atoms with E-state index in [-0.39, 0.29) is 0 Å². The van der Waals surface area contributed by atoms with E-state index < -0.39 is 0 Å². The van der Waals surface area contributed by atoms with E-state index in [1.165, 1.54) is 0 Å². The lowest BCUT2D eigenvalue weighted by atomic mass is 10.1. The summed E-state index contributed by atoms with van der Waals surface area (Å²) in [7, 11) is 1.54. The van der Waals surface area contributed by atoms with Crippen LogP contribution in [0.25, 0.3) is 5.57 Å². The van der Waals surface area contributed by atoms with Gasteiger partial charge in [-0.25, -0.2) is 0 Å². The molecule has 0 aliphatic carbocycles. The van der Waals surface area contributed by atoms with E-state index in [9.17, 15) is 0 Å². The molecule has 0 aliphatic rings. The molecule has 0 aromatic heterocycles. The summed E-state index contributed by atoms with van der Waals surface area (Å²) in [6, 6.07) is 7.07. The van der Waals surface area contributed by atoms with Crippen molar-refractivity contribution in [3.05, 3.63) is 35.4 Å². The average molecular weight is 194 g/mol. The lowest BCUT2D eigenvalue weighted by molar-refractivity contribution is 0.415. The van der Waals surface area contributed by atoms with Crippen LogP contribution in [0.2, 0.25) is 5.02 Å². The number of nitrogens with zero attached hydrogens (tertiary/aromatic N) is 1. The molecule has 0 radical (unpaired) electrons. The van der Waals surface area contributed by atoms with Crippen LogP contribution in [-0.2, 0) is 0 Å². The number of ether oxygens (including phenoxy) is 1. The Kier molecular flexibility index (Phi) is 2.94. The summed E-state index contributed by atoms with van der Waals surface area (Å²) in [6.45, 7) is 3.58. The highest BCUT2D eigenvalue weighted by molar-refractivity contribution is 6.32. The topological polar surface area (TPSA) is 33.0 Å². The molecule has 0 atom stereocenters. The Bertz CT molecular complexity index is 379. The van der Waals surface area contributed by atoms with E-state index in [1.807, 2.05) is 6.07 Å². The van der Waals surface area contributed by atoms with Gasteiger partial charge in [0.25, 0.3) is 0 Å². The minimum atomic E-state index is 0.393. The second-order valence-electron chi connectivity index (χ2n) is 2.44. The molecule has 0 spiro atoms. The summed E-state index contributed by atoms with van der Waals surface area (Å²) in [5, 5.41) is 9.06. The van der Waals surface area contributed by atoms with Crippen molar-refractivity contribution in [2.75, 3.05) is 7.11 Å². The molecule has 13 heavy (non-hydrogen) atoms. The third-order valence-corrected chi connectivity index (χ3v) is 1.93. The fraction of sp³-hybridized carbons (Fsp3) is 0.100. The van der Waals surface area contributed by atoms with Crippen LogP contribution in [0.4, 0.5) is 0 Å². The molecule has 0 unspecified atom stereocenters. The van der Waals surface area contributed by atoms with Crippen LogP contribution in [0.5, 0.6) is 5.75 Å². The number of rotatable bonds is 2. The van der Waals surface area contributed by atoms with Gasteiger partial charge in [0.2, 0.25) is 0 Å². The zero-order valence-electron chi connectivity index (χ0n) is 7.17. The number of methoxy groups -OCH3 is 1. The van der Waals surface area contributed by atoms with Gasteiger partial charge in [-0.05, 0) is 23.8 Å². The Hall–Kier alpha value is -1.46. The van der Waals surface area contributed by atoms with Gasteiger partial charge in [0.1, 0.15) is 5.75 Å². The van der Waals surface area contributed by atoms with Crippen LogP contribution in [0.1, 0.15) is 5.56 Å². The van der Waals surface area contributed by atoms with Gasteiger partial charge in [0.15, 0.2) is 0 Å². The molecular weight excluding hydrogens is 186 g/mol. The summed E-state index contributed by atoms with van der Waals surface area (Å²) in [5.41, 5.74) is 1.11. The Labute approximate surface area is 82.0 Å². The van der Waals surface area contributed by atoms with Gasteiger partial charge < -0.3 is 4.74 Å². The average Bonchev–Trinajstić information content (AvgIpc) is 2.16. The first kappa shape index (κ1) is 9.63. The van der Waals surface area contributed by atoms with Crippen LogP contribution in [0.3, 0.4) is 0 Å². The molecule has 3 heteroatoms. The van der Waals surface area contributed by atoms with Crippen molar-refractivity contribution in [1.82, 2.24) is 0 Å². The summed E-state index contributed by atoms with van der Waals surface area (Å²) in [4.78, 5) is 0. The zero-order valence-corrected chi connectivity index (χ0v) is 7.93. The number of benzene rings is 1. The van der Waals surface area contributed by atoms with Crippen LogP contribution in [0.15, 0.2) is 24.8 Å². The van der Waals surface area contributed by atoms with E-state index in [0.29, 0.717) is 21.9 Å². The first-order valence-corrected chi connectivity index (χ1v) is 3.99. The molecule has 0 bridgehead atoms. The molecule has 0 aliphatic heterocycles. The first-order chi connectivity index (χ1) is 6.19. The Morgan fingerprint density at radius 3 is 2.77 bits per heavy atom. The van der Waals surface area contributed by atoms with E-state index in [0.717, 1.165) is 0 Å². The van der Waals surface area contributed by atoms with Gasteiger partial charge in [-0.3, -0.25) is 0 Å². The largest absolute Gasteiger partial charge is 0.495 e. The first-order valence-electron chi connectivity index (χ1n) is 3.62. The van der Waals surface area contributed by atoms with Crippen LogP contribution >= 0.6 is 11.6 Å². The summed E-state index contributed by atoms with van der Waals surface area (Å²) in [6.07, 6.45) is 0. The quantitative estimate of drug-likeness (QED) is 0.677. The maximum absolute atomic E-state index is 8.58. The van der Waals surface area contributed by atoms with Crippen LogP contribution in [-0.4, -0.2) is 7.11 Å². The smallest absolute Gasteiger partial charge is 0.137 e. The lowest BCUT2D eigenvalue weighted by Gasteiger charge is -2.03. The maximum Gasteiger partial charge on any atom is 0.137 e. The van der Waals surface area contributed by atoms with E-state index in [1.54, 1.807) is 25.3 Å². The van der Waals surface area contributed by atoms with Crippen molar-refractivity contribution < 1.29 is 4.74 Å². The highest BCUT2D eigenvalue weighted by Crippen LogP contribution is 2.27. The Morgan fingerprint density at radius 1 is 1.62 bits per heavy atom. The number of hydrogen-bond donors (Lipinski definition) is 0. The summed E-state index contributed by atoms with van der Waals surface area (Å²) >= 11 is 5.86. The minimum Gasteiger partial charge on any atom is -0.495 e. The Balaban J connectivity index is 3.11. The van der Waals surface area contributed by atoms with Gasteiger partial charge in [-0.1, -0.05) is 18.2 Å². The third-order valence-electron chi connectivity index (χ3n) is 1.64. The van der Waals surface area contributed by atoms with E-state index in [4.69, 9.17) is 21.6 Å². The number of halogens is 1. The van der Waals surface area contributed by atoms with Crippen LogP contribution < -0.4 is 4.74 Å². The standard InChI is InChI=1S/C10H8ClNO/c1-7(6-12)8-3-4-10(13-2)9(11)5-8/h3-5H,1H2,2H3. The summed E-state index contributed by atoms with van der Waals surface area (Å²) in [5.74, 6) is 0.594. The van der Waals surface area contributed by atoms with Gasteiger partial charge in [-0.2, -0.15) is 5.26 Å². The normalized spacial score (nSPS) is 9.00. The van der Waals surface area contributed by atoms with Gasteiger partial charge in [-0.15, -0.1) is 0 Å². The van der Waals surface area contributed by atoms with Gasteiger partial charge >= 0.3 is 0 Å². The monoisotopic (exact) mass is 193 g/mol. The SMILES string of the molecule is C=C(C#N)c1ccc(OC)c(Cl)c1. The predicted molar refractivity (Wildman–Crippen MR) is 52.7 cm³/mol. The second kappa shape index (κ2) is 3.97. The molecule has 0 fully saturated rings. The lowest BCUT2D eigenvalue weighted by Crippen LogP contribution is -1.85. The molecule has 0 saturated heterocycles. The third kappa shape index (κ3) is 2.01. The molecular formula is C10H8ClNO. The fourth-order valence-corrected chi connectivity index (χ4v) is 1.18. The minimum absolute atomic E-state index is 0.393. The molecule has 0 saturated carbocycles. The molecule has 1 rings (SSSR count). The summed E-state index contributed by atoms with van der Waals surface area (Å²) < 4.78 is 4.97. The molecule has 0 heterocycles. The fourth-order valence-electron chi connectivity index (χ4n) is 0.919. The Morgan fingerprint density at radius 2 is 2.31 bits per heavy atom. The number of nitriles is 1. The van der Waals surface area contributed by atoms with E-state index in [2.05, 4.69) is 6.58 Å². The van der Waals surface area contributed by atoms with Crippen molar-refractivity contribution in [2.24, 2.45) is 0 Å². The number of allylic oxidation sites excluding steroid dienone is 1. The second-order valence-corrected chi connectivity index (χ2v) is 2.85. The zero-order chi connectivity index (χ0) is 9.84. The number of hydrogen-bond acceptors (Lipinski definition) is 2. The molecule has 1 aromatic carbocycles. The van der Waals surface area contributed by atoms with Crippen molar-refractivity contribution in [1.29, 1.82) is 5.26 Å². The highest BCUT2D eigenvalue weighted by Gasteiger charge is 2.03. The van der Waals surface area contributed by atoms with Crippen molar-refractivity contribution in [3.8, 4) is 11.8 Å². The van der Waals surface area contributed by atoms with Crippen molar-refractivity contribution in [3.63, 3.8) is 0 Å². The maximum atomic E-state index is 8.58. The molecule has 1 aromatic rings. The van der Waals surface area contributed by atoms with Gasteiger partial charge in [0, 0.05) is 0 Å². The van der Waals surface area contributed by atoms with Crippen molar-refractivity contribution >= 4 is 17.2 Å². The molecule has 0 N–H and O–H groups in total. The van der Waals surface area contributed by atoms with E-state index >= 15 is 0 Å².